The Hall–Kier alpha value is -0.540. The number of nitrogens with one attached hydrogen (secondary N) is 1. The second kappa shape index (κ2) is 5.87. The highest BCUT2D eigenvalue weighted by Crippen LogP contribution is 2.30. The summed E-state index contributed by atoms with van der Waals surface area (Å²) in [5, 5.41) is 4.20. The Labute approximate surface area is 112 Å². The predicted molar refractivity (Wildman–Crippen MR) is 71.7 cm³/mol. The molecule has 0 saturated heterocycles. The van der Waals surface area contributed by atoms with Gasteiger partial charge in [-0.1, -0.05) is 37.8 Å². The van der Waals surface area contributed by atoms with Crippen LogP contribution in [0.2, 0.25) is 10.3 Å². The zero-order valence-electron chi connectivity index (χ0n) is 9.92. The molecule has 2 atom stereocenters. The predicted octanol–water partition coefficient (Wildman–Crippen LogP) is 4.16. The van der Waals surface area contributed by atoms with Gasteiger partial charge in [0.1, 0.15) is 10.8 Å². The van der Waals surface area contributed by atoms with Crippen molar-refractivity contribution in [1.29, 1.82) is 0 Å². The molecule has 0 radical (unpaired) electrons. The first kappa shape index (κ1) is 12.9. The van der Waals surface area contributed by atoms with E-state index in [0.29, 0.717) is 22.8 Å². The molecule has 17 heavy (non-hydrogen) atoms. The molecule has 1 fully saturated rings. The van der Waals surface area contributed by atoms with Crippen molar-refractivity contribution >= 4 is 29.0 Å². The summed E-state index contributed by atoms with van der Waals surface area (Å²) >= 11 is 11.8. The first-order valence-corrected chi connectivity index (χ1v) is 6.91. The molecule has 2 rings (SSSR count). The number of nitrogens with zero attached hydrogens (tertiary/aromatic N) is 2. The second-order valence-electron chi connectivity index (χ2n) is 4.54. The number of rotatable bonds is 3. The van der Waals surface area contributed by atoms with E-state index in [1.807, 2.05) is 0 Å². The Kier molecular flexibility index (Phi) is 4.46. The third kappa shape index (κ3) is 3.23. The summed E-state index contributed by atoms with van der Waals surface area (Å²) in [6, 6.07) is 0.456. The topological polar surface area (TPSA) is 37.8 Å². The van der Waals surface area contributed by atoms with Crippen LogP contribution < -0.4 is 5.32 Å². The lowest BCUT2D eigenvalue weighted by Crippen LogP contribution is -2.32. The molecule has 1 heterocycles. The molecule has 1 aromatic rings. The molecule has 1 aromatic heterocycles. The number of hydrogen-bond acceptors (Lipinski definition) is 3. The molecular formula is C12H17Cl2N3. The van der Waals surface area contributed by atoms with Gasteiger partial charge in [0, 0.05) is 6.04 Å². The molecule has 1 saturated carbocycles. The van der Waals surface area contributed by atoms with E-state index in [0.717, 1.165) is 0 Å². The Morgan fingerprint density at radius 1 is 1.35 bits per heavy atom. The summed E-state index contributed by atoms with van der Waals surface area (Å²) in [6.07, 6.45) is 7.79. The molecule has 1 aliphatic carbocycles. The van der Waals surface area contributed by atoms with Crippen LogP contribution in [0.3, 0.4) is 0 Å². The molecular weight excluding hydrogens is 257 g/mol. The first-order chi connectivity index (χ1) is 8.20. The average molecular weight is 274 g/mol. The van der Waals surface area contributed by atoms with Crippen molar-refractivity contribution < 1.29 is 0 Å². The van der Waals surface area contributed by atoms with Gasteiger partial charge in [-0.15, -0.1) is 0 Å². The van der Waals surface area contributed by atoms with Crippen molar-refractivity contribution in [3.63, 3.8) is 0 Å². The molecule has 2 unspecified atom stereocenters. The molecule has 94 valence electrons. The van der Waals surface area contributed by atoms with Crippen molar-refractivity contribution in [2.45, 2.75) is 45.1 Å². The number of hydrogen-bond donors (Lipinski definition) is 1. The maximum Gasteiger partial charge on any atom is 0.224 e. The number of anilines is 1. The Balaban J connectivity index is 2.10. The molecule has 1 aliphatic rings. The van der Waals surface area contributed by atoms with Crippen molar-refractivity contribution in [2.24, 2.45) is 5.92 Å². The van der Waals surface area contributed by atoms with Gasteiger partial charge in [0.25, 0.3) is 0 Å². The number of halogens is 2. The molecule has 5 heteroatoms. The van der Waals surface area contributed by atoms with Gasteiger partial charge >= 0.3 is 0 Å². The maximum atomic E-state index is 6.06. The summed E-state index contributed by atoms with van der Waals surface area (Å²) in [6.45, 7) is 2.24. The normalized spacial score (nSPS) is 24.6. The maximum absolute atomic E-state index is 6.06. The van der Waals surface area contributed by atoms with Gasteiger partial charge in [-0.25, -0.2) is 4.98 Å². The van der Waals surface area contributed by atoms with Crippen molar-refractivity contribution in [2.75, 3.05) is 5.32 Å². The minimum atomic E-state index is 0.237. The molecule has 0 aromatic carbocycles. The molecule has 1 N–H and O–H groups in total. The summed E-state index contributed by atoms with van der Waals surface area (Å²) < 4.78 is 0. The fourth-order valence-electron chi connectivity index (χ4n) is 2.51. The van der Waals surface area contributed by atoms with Gasteiger partial charge in [-0.05, 0) is 30.4 Å². The van der Waals surface area contributed by atoms with Gasteiger partial charge in [0.15, 0.2) is 0 Å². The van der Waals surface area contributed by atoms with Gasteiger partial charge in [0.2, 0.25) is 5.28 Å². The van der Waals surface area contributed by atoms with Gasteiger partial charge < -0.3 is 5.32 Å². The molecule has 0 spiro atoms. The second-order valence-corrected chi connectivity index (χ2v) is 5.28. The summed E-state index contributed by atoms with van der Waals surface area (Å²) in [5.74, 6) is 1.37. The minimum Gasteiger partial charge on any atom is -0.366 e. The van der Waals surface area contributed by atoms with Crippen LogP contribution in [-0.4, -0.2) is 16.0 Å². The van der Waals surface area contributed by atoms with Crippen LogP contribution in [0.15, 0.2) is 6.20 Å². The van der Waals surface area contributed by atoms with E-state index in [9.17, 15) is 0 Å². The van der Waals surface area contributed by atoms with Crippen LogP contribution in [0, 0.1) is 5.92 Å². The zero-order chi connectivity index (χ0) is 12.3. The van der Waals surface area contributed by atoms with Crippen molar-refractivity contribution in [3.8, 4) is 0 Å². The molecule has 0 bridgehead atoms. The largest absolute Gasteiger partial charge is 0.366 e. The van der Waals surface area contributed by atoms with Crippen LogP contribution in [-0.2, 0) is 0 Å². The van der Waals surface area contributed by atoms with Gasteiger partial charge in [0.05, 0.1) is 6.20 Å². The van der Waals surface area contributed by atoms with Crippen LogP contribution in [0.25, 0.3) is 0 Å². The van der Waals surface area contributed by atoms with E-state index in [1.165, 1.54) is 32.1 Å². The van der Waals surface area contributed by atoms with Crippen LogP contribution in [0.4, 0.5) is 5.82 Å². The van der Waals surface area contributed by atoms with Gasteiger partial charge in [-0.2, -0.15) is 4.98 Å². The number of aromatic nitrogens is 2. The van der Waals surface area contributed by atoms with E-state index in [4.69, 9.17) is 23.2 Å². The van der Waals surface area contributed by atoms with E-state index in [2.05, 4.69) is 22.2 Å². The third-order valence-corrected chi connectivity index (χ3v) is 3.93. The summed E-state index contributed by atoms with van der Waals surface area (Å²) in [7, 11) is 0. The van der Waals surface area contributed by atoms with Crippen LogP contribution >= 0.6 is 23.2 Å². The molecule has 0 aliphatic heterocycles. The Morgan fingerprint density at radius 2 is 2.12 bits per heavy atom. The van der Waals surface area contributed by atoms with Gasteiger partial charge in [-0.3, -0.25) is 0 Å². The highest BCUT2D eigenvalue weighted by molar-refractivity contribution is 6.33. The smallest absolute Gasteiger partial charge is 0.224 e. The Morgan fingerprint density at radius 3 is 2.88 bits per heavy atom. The quantitative estimate of drug-likeness (QED) is 0.841. The highest BCUT2D eigenvalue weighted by atomic mass is 35.5. The van der Waals surface area contributed by atoms with E-state index in [-0.39, 0.29) is 5.28 Å². The third-order valence-electron chi connectivity index (χ3n) is 3.47. The standard InChI is InChI=1S/C12H17Cl2N3/c1-2-8-5-3-4-6-10(8)16-11-9(13)7-15-12(14)17-11/h7-8,10H,2-6H2,1H3,(H,15,16,17). The summed E-state index contributed by atoms with van der Waals surface area (Å²) in [5.41, 5.74) is 0. The lowest BCUT2D eigenvalue weighted by atomic mass is 9.83. The van der Waals surface area contributed by atoms with E-state index >= 15 is 0 Å². The molecule has 3 nitrogen and oxygen atoms in total. The van der Waals surface area contributed by atoms with Crippen molar-refractivity contribution in [1.82, 2.24) is 9.97 Å². The lowest BCUT2D eigenvalue weighted by Gasteiger charge is -2.32. The van der Waals surface area contributed by atoms with E-state index < -0.39 is 0 Å². The highest BCUT2D eigenvalue weighted by Gasteiger charge is 2.24. The van der Waals surface area contributed by atoms with Crippen LogP contribution in [0.5, 0.6) is 0 Å². The van der Waals surface area contributed by atoms with Crippen molar-refractivity contribution in [3.05, 3.63) is 16.5 Å². The summed E-state index contributed by atoms with van der Waals surface area (Å²) in [4.78, 5) is 8.00. The van der Waals surface area contributed by atoms with E-state index in [1.54, 1.807) is 6.20 Å². The molecule has 0 amide bonds. The fourth-order valence-corrected chi connectivity index (χ4v) is 2.79. The Bertz CT molecular complexity index is 384. The monoisotopic (exact) mass is 273 g/mol. The average Bonchev–Trinajstić information content (AvgIpc) is 2.34. The zero-order valence-corrected chi connectivity index (χ0v) is 11.4. The van der Waals surface area contributed by atoms with Crippen LogP contribution in [0.1, 0.15) is 39.0 Å². The SMILES string of the molecule is CCC1CCCCC1Nc1nc(Cl)ncc1Cl. The first-order valence-electron chi connectivity index (χ1n) is 6.15. The lowest BCUT2D eigenvalue weighted by molar-refractivity contribution is 0.317. The fraction of sp³-hybridized carbons (Fsp3) is 0.667. The minimum absolute atomic E-state index is 0.237.